The molecule has 14 heteroatoms. The minimum absolute atomic E-state index is 0.130. The lowest BCUT2D eigenvalue weighted by atomic mass is 9.99. The zero-order valence-corrected chi connectivity index (χ0v) is 21.8. The van der Waals surface area contributed by atoms with E-state index in [1.807, 2.05) is 0 Å². The summed E-state index contributed by atoms with van der Waals surface area (Å²) in [5.41, 5.74) is 0.608. The number of carbonyl (C=O) groups excluding carboxylic acids is 3. The van der Waals surface area contributed by atoms with E-state index in [0.29, 0.717) is 5.56 Å². The quantitative estimate of drug-likeness (QED) is 0.365. The number of tetrazole rings is 1. The summed E-state index contributed by atoms with van der Waals surface area (Å²) in [5.74, 6) is -1.45. The van der Waals surface area contributed by atoms with Gasteiger partial charge in [-0.05, 0) is 48.9 Å². The molecule has 4 rings (SSSR count). The highest BCUT2D eigenvalue weighted by atomic mass is 32.2. The maximum absolute atomic E-state index is 12.9. The molecule has 0 saturated carbocycles. The largest absolute Gasteiger partial charge is 0.461 e. The van der Waals surface area contributed by atoms with Gasteiger partial charge in [0, 0.05) is 25.0 Å². The van der Waals surface area contributed by atoms with Crippen LogP contribution >= 0.6 is 0 Å². The second kappa shape index (κ2) is 9.67. The molecule has 0 N–H and O–H groups in total. The topological polar surface area (TPSA) is 160 Å². The van der Waals surface area contributed by atoms with Gasteiger partial charge in [-0.15, -0.1) is 5.10 Å². The first-order valence-electron chi connectivity index (χ1n) is 11.3. The fourth-order valence-corrected chi connectivity index (χ4v) is 6.04. The van der Waals surface area contributed by atoms with Crippen LogP contribution in [-0.2, 0) is 40.2 Å². The van der Waals surface area contributed by atoms with Crippen LogP contribution in [0, 0.1) is 0 Å². The Balaban J connectivity index is 1.65. The maximum atomic E-state index is 12.9. The molecule has 0 bridgehead atoms. The first kappa shape index (κ1) is 26.4. The molecule has 0 spiro atoms. The average molecular weight is 534 g/mol. The van der Waals surface area contributed by atoms with E-state index < -0.39 is 50.8 Å². The van der Waals surface area contributed by atoms with Crippen LogP contribution in [0.15, 0.2) is 35.2 Å². The summed E-state index contributed by atoms with van der Waals surface area (Å²) in [4.78, 5) is 37.7. The predicted molar refractivity (Wildman–Crippen MR) is 126 cm³/mol. The smallest absolute Gasteiger partial charge is 0.338 e. The van der Waals surface area contributed by atoms with Crippen LogP contribution in [0.1, 0.15) is 55.5 Å². The Morgan fingerprint density at radius 1 is 1.14 bits per heavy atom. The fraction of sp³-hybridized carbons (Fsp3) is 0.478. The number of nitrogens with zero attached hydrogens (tertiary/aromatic N) is 5. The van der Waals surface area contributed by atoms with Crippen molar-refractivity contribution in [1.82, 2.24) is 25.1 Å². The van der Waals surface area contributed by atoms with Crippen LogP contribution in [0.4, 0.5) is 0 Å². The molecule has 198 valence electrons. The number of sulfone groups is 1. The Labute approximate surface area is 213 Å². The molecule has 1 saturated heterocycles. The van der Waals surface area contributed by atoms with Gasteiger partial charge in [0.2, 0.25) is 0 Å². The lowest BCUT2D eigenvalue weighted by molar-refractivity contribution is -0.167. The number of carbonyl (C=O) groups is 3. The number of β-lactam (4-membered cyclic amide) rings is 1. The third-order valence-electron chi connectivity index (χ3n) is 5.73. The number of amides is 1. The Bertz CT molecular complexity index is 1360. The molecular formula is C23H27N5O8S. The van der Waals surface area contributed by atoms with E-state index in [0.717, 1.165) is 15.9 Å². The Morgan fingerprint density at radius 3 is 2.41 bits per heavy atom. The van der Waals surface area contributed by atoms with Crippen molar-refractivity contribution >= 4 is 27.7 Å². The number of ether oxygens (including phenoxy) is 3. The molecule has 1 aromatic carbocycles. The van der Waals surface area contributed by atoms with Gasteiger partial charge in [-0.3, -0.25) is 9.59 Å². The van der Waals surface area contributed by atoms with E-state index in [2.05, 4.69) is 15.5 Å². The second-order valence-electron chi connectivity index (χ2n) is 9.65. The van der Waals surface area contributed by atoms with Crippen molar-refractivity contribution in [2.45, 2.75) is 57.4 Å². The molecule has 2 aliphatic rings. The summed E-state index contributed by atoms with van der Waals surface area (Å²) in [6, 6.07) is 5.66. The van der Waals surface area contributed by atoms with Crippen molar-refractivity contribution in [1.29, 1.82) is 0 Å². The number of benzene rings is 1. The van der Waals surface area contributed by atoms with E-state index in [9.17, 15) is 22.8 Å². The van der Waals surface area contributed by atoms with Crippen LogP contribution in [0.2, 0.25) is 0 Å². The van der Waals surface area contributed by atoms with Gasteiger partial charge < -0.3 is 19.1 Å². The molecule has 37 heavy (non-hydrogen) atoms. The molecule has 1 unspecified atom stereocenters. The molecule has 1 amide bonds. The standard InChI is InChI=1S/C23H27N5O8S/c1-13(29)35-11-16-12-37(32,33)21-18(34-5)20(30)28(21)17(16)19-24-25-26-27(19)10-14-6-8-15(9-7-14)22(31)36-23(2,3)4/h6-9,12,17-18,21H,10-11H2,1-5H3/t17?,18-,21+/m0/s1. The van der Waals surface area contributed by atoms with Gasteiger partial charge >= 0.3 is 11.9 Å². The number of aromatic nitrogens is 4. The number of hydrogen-bond acceptors (Lipinski definition) is 11. The minimum atomic E-state index is -3.93. The van der Waals surface area contributed by atoms with Crippen molar-refractivity contribution in [3.63, 3.8) is 0 Å². The van der Waals surface area contributed by atoms with Crippen LogP contribution < -0.4 is 0 Å². The van der Waals surface area contributed by atoms with Crippen molar-refractivity contribution in [3.8, 4) is 0 Å². The van der Waals surface area contributed by atoms with E-state index in [1.165, 1.54) is 18.7 Å². The minimum Gasteiger partial charge on any atom is -0.461 e. The summed E-state index contributed by atoms with van der Waals surface area (Å²) in [6.45, 7) is 6.31. The Morgan fingerprint density at radius 2 is 1.81 bits per heavy atom. The molecule has 3 heterocycles. The molecule has 3 atom stereocenters. The molecule has 2 aromatic rings. The average Bonchev–Trinajstić information content (AvgIpc) is 3.24. The number of hydrogen-bond donors (Lipinski definition) is 0. The van der Waals surface area contributed by atoms with Gasteiger partial charge in [0.25, 0.3) is 5.91 Å². The molecule has 13 nitrogen and oxygen atoms in total. The fourth-order valence-electron chi connectivity index (χ4n) is 4.17. The van der Waals surface area contributed by atoms with Crippen molar-refractivity contribution in [2.24, 2.45) is 0 Å². The summed E-state index contributed by atoms with van der Waals surface area (Å²) in [6.07, 6.45) is -1.16. The Kier molecular flexibility index (Phi) is 6.90. The number of esters is 2. The highest BCUT2D eigenvalue weighted by Crippen LogP contribution is 2.44. The molecule has 1 fully saturated rings. The van der Waals surface area contributed by atoms with Gasteiger partial charge in [-0.25, -0.2) is 17.9 Å². The number of methoxy groups -OCH3 is 1. The zero-order valence-electron chi connectivity index (χ0n) is 20.9. The first-order valence-corrected chi connectivity index (χ1v) is 12.9. The van der Waals surface area contributed by atoms with Crippen LogP contribution in [0.3, 0.4) is 0 Å². The Hall–Kier alpha value is -3.65. The van der Waals surface area contributed by atoms with Gasteiger partial charge in [0.15, 0.2) is 27.1 Å². The predicted octanol–water partition coefficient (Wildman–Crippen LogP) is 0.776. The van der Waals surface area contributed by atoms with E-state index in [-0.39, 0.29) is 24.5 Å². The summed E-state index contributed by atoms with van der Waals surface area (Å²) in [5, 5.41) is 11.6. The van der Waals surface area contributed by atoms with Gasteiger partial charge in [-0.1, -0.05) is 12.1 Å². The zero-order chi connectivity index (χ0) is 27.1. The molecular weight excluding hydrogens is 506 g/mol. The highest BCUT2D eigenvalue weighted by Gasteiger charge is 2.61. The summed E-state index contributed by atoms with van der Waals surface area (Å²) in [7, 11) is -2.67. The first-order chi connectivity index (χ1) is 17.3. The lowest BCUT2D eigenvalue weighted by Gasteiger charge is -2.50. The van der Waals surface area contributed by atoms with E-state index in [4.69, 9.17) is 14.2 Å². The third kappa shape index (κ3) is 5.25. The van der Waals surface area contributed by atoms with Gasteiger partial charge in [0.05, 0.1) is 12.1 Å². The summed E-state index contributed by atoms with van der Waals surface area (Å²) < 4.78 is 42.7. The van der Waals surface area contributed by atoms with Crippen molar-refractivity contribution in [2.75, 3.05) is 13.7 Å². The van der Waals surface area contributed by atoms with Gasteiger partial charge in [-0.2, -0.15) is 0 Å². The highest BCUT2D eigenvalue weighted by molar-refractivity contribution is 7.95. The van der Waals surface area contributed by atoms with Gasteiger partial charge in [0.1, 0.15) is 18.2 Å². The van der Waals surface area contributed by atoms with E-state index >= 15 is 0 Å². The molecule has 1 aromatic heterocycles. The van der Waals surface area contributed by atoms with E-state index in [1.54, 1.807) is 45.0 Å². The SMILES string of the molecule is CO[C@H]1C(=O)N2C(c3nnnn3Cc3ccc(C(=O)OC(C)(C)C)cc3)C(COC(C)=O)=CS(=O)(=O)[C@H]12. The molecule has 0 aliphatic carbocycles. The normalized spacial score (nSPS) is 22.5. The number of fused-ring (bicyclic) bond motifs is 1. The van der Waals surface area contributed by atoms with Crippen LogP contribution in [0.5, 0.6) is 0 Å². The van der Waals surface area contributed by atoms with Crippen molar-refractivity contribution in [3.05, 3.63) is 52.2 Å². The third-order valence-corrected chi connectivity index (χ3v) is 7.51. The number of rotatable bonds is 7. The lowest BCUT2D eigenvalue weighted by Crippen LogP contribution is -2.70. The maximum Gasteiger partial charge on any atom is 0.338 e. The molecule has 0 radical (unpaired) electrons. The summed E-state index contributed by atoms with van der Waals surface area (Å²) >= 11 is 0. The van der Waals surface area contributed by atoms with Crippen LogP contribution in [-0.4, -0.2) is 82.2 Å². The molecule has 2 aliphatic heterocycles. The van der Waals surface area contributed by atoms with Crippen molar-refractivity contribution < 1.29 is 37.0 Å². The monoisotopic (exact) mass is 533 g/mol. The second-order valence-corrected chi connectivity index (χ2v) is 11.5. The van der Waals surface area contributed by atoms with Crippen LogP contribution in [0.25, 0.3) is 0 Å².